The summed E-state index contributed by atoms with van der Waals surface area (Å²) in [5, 5.41) is 9.08. The second-order valence-corrected chi connectivity index (χ2v) is 7.57. The predicted molar refractivity (Wildman–Crippen MR) is 121 cm³/mol. The van der Waals surface area contributed by atoms with Crippen LogP contribution in [0.2, 0.25) is 0 Å². The Bertz CT molecular complexity index is 1200. The van der Waals surface area contributed by atoms with Crippen LogP contribution in [0.3, 0.4) is 0 Å². The van der Waals surface area contributed by atoms with Crippen LogP contribution >= 0.6 is 11.8 Å². The van der Waals surface area contributed by atoms with Gasteiger partial charge in [-0.1, -0.05) is 42.1 Å². The molecule has 162 valence electrons. The van der Waals surface area contributed by atoms with E-state index in [0.29, 0.717) is 34.7 Å². The molecule has 6 nitrogen and oxygen atoms in total. The highest BCUT2D eigenvalue weighted by atomic mass is 32.2. The number of carbonyl (C=O) groups is 1. The molecule has 0 atom stereocenters. The Kier molecular flexibility index (Phi) is 6.81. The number of halogens is 1. The van der Waals surface area contributed by atoms with Crippen molar-refractivity contribution < 1.29 is 18.7 Å². The molecule has 1 heterocycles. The van der Waals surface area contributed by atoms with Crippen LogP contribution in [0.5, 0.6) is 11.5 Å². The van der Waals surface area contributed by atoms with E-state index < -0.39 is 5.97 Å². The van der Waals surface area contributed by atoms with Gasteiger partial charge in [-0.15, -0.1) is 10.2 Å². The molecule has 0 spiro atoms. The van der Waals surface area contributed by atoms with E-state index in [1.807, 2.05) is 47.9 Å². The van der Waals surface area contributed by atoms with E-state index in [9.17, 15) is 9.18 Å². The van der Waals surface area contributed by atoms with Crippen LogP contribution in [-0.2, 0) is 4.79 Å². The maximum atomic E-state index is 13.4. The summed E-state index contributed by atoms with van der Waals surface area (Å²) in [6.07, 6.45) is 0. The molecule has 0 saturated carbocycles. The SMILES string of the molecule is CCOc1ccccc1OC(=O)CSc1nnc(-c2ccc(F)cc2)n1-c1ccccc1. The quantitative estimate of drug-likeness (QED) is 0.210. The monoisotopic (exact) mass is 449 g/mol. The molecule has 0 bridgehead atoms. The maximum Gasteiger partial charge on any atom is 0.321 e. The Morgan fingerprint density at radius 1 is 0.938 bits per heavy atom. The first-order chi connectivity index (χ1) is 15.7. The molecule has 3 aromatic carbocycles. The van der Waals surface area contributed by atoms with Crippen molar-refractivity contribution in [3.05, 3.63) is 84.7 Å². The lowest BCUT2D eigenvalue weighted by atomic mass is 10.2. The first-order valence-corrected chi connectivity index (χ1v) is 11.0. The number of benzene rings is 3. The van der Waals surface area contributed by atoms with Gasteiger partial charge in [0.1, 0.15) is 5.82 Å². The molecule has 1 aromatic heterocycles. The van der Waals surface area contributed by atoms with Crippen LogP contribution in [0.4, 0.5) is 4.39 Å². The minimum Gasteiger partial charge on any atom is -0.490 e. The van der Waals surface area contributed by atoms with E-state index in [0.717, 1.165) is 5.69 Å². The zero-order chi connectivity index (χ0) is 22.3. The fourth-order valence-corrected chi connectivity index (χ4v) is 3.77. The third-order valence-corrected chi connectivity index (χ3v) is 5.34. The molecule has 4 aromatic rings. The zero-order valence-electron chi connectivity index (χ0n) is 17.3. The average molecular weight is 450 g/mol. The highest BCUT2D eigenvalue weighted by Gasteiger charge is 2.18. The number of hydrogen-bond acceptors (Lipinski definition) is 6. The Morgan fingerprint density at radius 2 is 1.62 bits per heavy atom. The summed E-state index contributed by atoms with van der Waals surface area (Å²) in [7, 11) is 0. The lowest BCUT2D eigenvalue weighted by Gasteiger charge is -2.11. The lowest BCUT2D eigenvalue weighted by Crippen LogP contribution is -2.12. The molecule has 0 radical (unpaired) electrons. The van der Waals surface area contributed by atoms with Gasteiger partial charge in [-0.3, -0.25) is 9.36 Å². The van der Waals surface area contributed by atoms with Gasteiger partial charge in [-0.2, -0.15) is 0 Å². The van der Waals surface area contributed by atoms with E-state index in [2.05, 4.69) is 10.2 Å². The smallest absolute Gasteiger partial charge is 0.321 e. The second kappa shape index (κ2) is 10.1. The van der Waals surface area contributed by atoms with Crippen LogP contribution in [-0.4, -0.2) is 33.1 Å². The van der Waals surface area contributed by atoms with Crippen molar-refractivity contribution in [2.24, 2.45) is 0 Å². The Labute approximate surface area is 189 Å². The van der Waals surface area contributed by atoms with Gasteiger partial charge in [0.15, 0.2) is 22.5 Å². The molecule has 0 fully saturated rings. The Balaban J connectivity index is 1.56. The van der Waals surface area contributed by atoms with Gasteiger partial charge < -0.3 is 9.47 Å². The molecular weight excluding hydrogens is 429 g/mol. The summed E-state index contributed by atoms with van der Waals surface area (Å²) < 4.78 is 26.2. The molecule has 0 aliphatic carbocycles. The standard InChI is InChI=1S/C24H20FN3O3S/c1-2-30-20-10-6-7-11-21(20)31-22(29)16-32-24-27-26-23(17-12-14-18(25)15-13-17)28(24)19-8-4-3-5-9-19/h3-15H,2,16H2,1H3. The van der Waals surface area contributed by atoms with E-state index >= 15 is 0 Å². The average Bonchev–Trinajstić information content (AvgIpc) is 3.24. The molecule has 8 heteroatoms. The molecule has 0 amide bonds. The van der Waals surface area contributed by atoms with Crippen molar-refractivity contribution >= 4 is 17.7 Å². The molecule has 32 heavy (non-hydrogen) atoms. The number of aromatic nitrogens is 3. The lowest BCUT2D eigenvalue weighted by molar-refractivity contribution is -0.131. The number of rotatable bonds is 8. The van der Waals surface area contributed by atoms with Crippen molar-refractivity contribution in [2.45, 2.75) is 12.1 Å². The Morgan fingerprint density at radius 3 is 2.34 bits per heavy atom. The summed E-state index contributed by atoms with van der Waals surface area (Å²) in [6, 6.07) is 22.6. The topological polar surface area (TPSA) is 66.2 Å². The molecule has 0 saturated heterocycles. The van der Waals surface area contributed by atoms with Crippen molar-refractivity contribution in [3.8, 4) is 28.6 Å². The van der Waals surface area contributed by atoms with E-state index in [-0.39, 0.29) is 11.6 Å². The van der Waals surface area contributed by atoms with E-state index in [4.69, 9.17) is 9.47 Å². The zero-order valence-corrected chi connectivity index (χ0v) is 18.1. The number of para-hydroxylation sites is 3. The van der Waals surface area contributed by atoms with Crippen LogP contribution in [0.25, 0.3) is 17.1 Å². The van der Waals surface area contributed by atoms with E-state index in [1.54, 1.807) is 30.3 Å². The van der Waals surface area contributed by atoms with Gasteiger partial charge in [0.25, 0.3) is 0 Å². The third kappa shape index (κ3) is 4.97. The molecular formula is C24H20FN3O3S. The van der Waals surface area contributed by atoms with Crippen molar-refractivity contribution in [1.82, 2.24) is 14.8 Å². The summed E-state index contributed by atoms with van der Waals surface area (Å²) in [5.74, 6) is 0.691. The van der Waals surface area contributed by atoms with Crippen LogP contribution in [0.15, 0.2) is 84.0 Å². The largest absolute Gasteiger partial charge is 0.490 e. The molecule has 0 aliphatic heterocycles. The van der Waals surface area contributed by atoms with Gasteiger partial charge in [-0.25, -0.2) is 4.39 Å². The van der Waals surface area contributed by atoms with Gasteiger partial charge in [-0.05, 0) is 55.5 Å². The van der Waals surface area contributed by atoms with E-state index in [1.165, 1.54) is 23.9 Å². The van der Waals surface area contributed by atoms with Crippen LogP contribution in [0.1, 0.15) is 6.92 Å². The number of thioether (sulfide) groups is 1. The van der Waals surface area contributed by atoms with Crippen molar-refractivity contribution in [1.29, 1.82) is 0 Å². The fraction of sp³-hybridized carbons (Fsp3) is 0.125. The minimum absolute atomic E-state index is 0.0227. The highest BCUT2D eigenvalue weighted by Crippen LogP contribution is 2.30. The number of nitrogens with zero attached hydrogens (tertiary/aromatic N) is 3. The normalized spacial score (nSPS) is 10.7. The van der Waals surface area contributed by atoms with Gasteiger partial charge >= 0.3 is 5.97 Å². The van der Waals surface area contributed by atoms with Crippen LogP contribution < -0.4 is 9.47 Å². The van der Waals surface area contributed by atoms with Crippen molar-refractivity contribution in [3.63, 3.8) is 0 Å². The summed E-state index contributed by atoms with van der Waals surface area (Å²) in [5.41, 5.74) is 1.54. The molecule has 4 rings (SSSR count). The molecule has 0 unspecified atom stereocenters. The number of ether oxygens (including phenoxy) is 2. The highest BCUT2D eigenvalue weighted by molar-refractivity contribution is 7.99. The first-order valence-electron chi connectivity index (χ1n) is 9.98. The molecule has 0 N–H and O–H groups in total. The second-order valence-electron chi connectivity index (χ2n) is 6.63. The van der Waals surface area contributed by atoms with Crippen LogP contribution in [0, 0.1) is 5.82 Å². The predicted octanol–water partition coefficient (Wildman–Crippen LogP) is 5.17. The third-order valence-electron chi connectivity index (χ3n) is 4.44. The minimum atomic E-state index is -0.437. The summed E-state index contributed by atoms with van der Waals surface area (Å²) >= 11 is 1.21. The number of hydrogen-bond donors (Lipinski definition) is 0. The number of carbonyl (C=O) groups excluding carboxylic acids is 1. The Hall–Kier alpha value is -3.65. The number of esters is 1. The van der Waals surface area contributed by atoms with Crippen molar-refractivity contribution in [2.75, 3.05) is 12.4 Å². The fourth-order valence-electron chi connectivity index (χ4n) is 3.04. The van der Waals surface area contributed by atoms with Gasteiger partial charge in [0, 0.05) is 11.3 Å². The molecule has 0 aliphatic rings. The summed E-state index contributed by atoms with van der Waals surface area (Å²) in [4.78, 5) is 12.5. The van der Waals surface area contributed by atoms with Gasteiger partial charge in [0.05, 0.1) is 12.4 Å². The summed E-state index contributed by atoms with van der Waals surface area (Å²) in [6.45, 7) is 2.33. The first kappa shape index (κ1) is 21.6. The maximum absolute atomic E-state index is 13.4. The van der Waals surface area contributed by atoms with Gasteiger partial charge in [0.2, 0.25) is 0 Å².